The first-order valence-corrected chi connectivity index (χ1v) is 9.32. The molecular formula is C20H23ClN2O2. The Morgan fingerprint density at radius 2 is 1.88 bits per heavy atom. The molecule has 1 aliphatic carbocycles. The Bertz CT molecular complexity index is 708. The molecule has 0 radical (unpaired) electrons. The van der Waals surface area contributed by atoms with E-state index < -0.39 is 0 Å². The van der Waals surface area contributed by atoms with Crippen LogP contribution in [0.5, 0.6) is 11.5 Å². The third-order valence-corrected chi connectivity index (χ3v) is 5.72. The normalized spacial score (nSPS) is 25.9. The predicted molar refractivity (Wildman–Crippen MR) is 98.1 cm³/mol. The van der Waals surface area contributed by atoms with E-state index in [0.717, 1.165) is 62.2 Å². The van der Waals surface area contributed by atoms with Crippen molar-refractivity contribution >= 4 is 11.6 Å². The highest BCUT2D eigenvalue weighted by molar-refractivity contribution is 6.32. The summed E-state index contributed by atoms with van der Waals surface area (Å²) in [5, 5.41) is 10.00. The molecule has 1 saturated heterocycles. The van der Waals surface area contributed by atoms with Gasteiger partial charge in [-0.3, -0.25) is 4.98 Å². The molecule has 3 atom stereocenters. The van der Waals surface area contributed by atoms with Gasteiger partial charge in [0, 0.05) is 31.7 Å². The van der Waals surface area contributed by atoms with Crippen molar-refractivity contribution in [2.24, 2.45) is 11.8 Å². The number of hydrogen-bond acceptors (Lipinski definition) is 4. The van der Waals surface area contributed by atoms with Crippen LogP contribution in [0.15, 0.2) is 42.6 Å². The Labute approximate surface area is 153 Å². The van der Waals surface area contributed by atoms with Gasteiger partial charge in [-0.05, 0) is 48.9 Å². The topological polar surface area (TPSA) is 45.6 Å². The van der Waals surface area contributed by atoms with E-state index in [9.17, 15) is 5.11 Å². The largest absolute Gasteiger partial charge is 0.506 e. The van der Waals surface area contributed by atoms with Gasteiger partial charge in [0.05, 0.1) is 17.3 Å². The van der Waals surface area contributed by atoms with E-state index in [2.05, 4.69) is 9.88 Å². The Hall–Kier alpha value is -1.78. The molecule has 132 valence electrons. The molecular weight excluding hydrogens is 336 g/mol. The fourth-order valence-electron chi connectivity index (χ4n) is 4.18. The Kier molecular flexibility index (Phi) is 4.82. The van der Waals surface area contributed by atoms with E-state index >= 15 is 0 Å². The van der Waals surface area contributed by atoms with Gasteiger partial charge in [-0.25, -0.2) is 0 Å². The molecule has 1 aromatic heterocycles. The molecule has 5 heteroatoms. The average molecular weight is 359 g/mol. The van der Waals surface area contributed by atoms with Crippen LogP contribution in [0.1, 0.15) is 18.5 Å². The minimum atomic E-state index is 0.226. The van der Waals surface area contributed by atoms with Crippen LogP contribution in [0, 0.1) is 11.8 Å². The van der Waals surface area contributed by atoms with Gasteiger partial charge in [-0.15, -0.1) is 0 Å². The number of likely N-dealkylation sites (tertiary alicyclic amines) is 1. The zero-order valence-corrected chi connectivity index (χ0v) is 14.9. The summed E-state index contributed by atoms with van der Waals surface area (Å²) in [6.07, 6.45) is 4.97. The summed E-state index contributed by atoms with van der Waals surface area (Å²) in [5.74, 6) is 2.48. The number of pyridine rings is 1. The maximum Gasteiger partial charge on any atom is 0.138 e. The van der Waals surface area contributed by atoms with Gasteiger partial charge < -0.3 is 14.7 Å². The lowest BCUT2D eigenvalue weighted by Gasteiger charge is -2.20. The van der Waals surface area contributed by atoms with Crippen LogP contribution in [0.2, 0.25) is 5.02 Å². The number of para-hydroxylation sites is 1. The van der Waals surface area contributed by atoms with Crippen molar-refractivity contribution in [1.82, 2.24) is 9.88 Å². The second-order valence-corrected chi connectivity index (χ2v) is 7.59. The SMILES string of the molecule is Oc1ccc(CCN2C[C@H]3C[C@H](Oc4ccccc4Cl)C[C@H]3C2)nc1. The predicted octanol–water partition coefficient (Wildman–Crippen LogP) is 3.77. The highest BCUT2D eigenvalue weighted by atomic mass is 35.5. The molecule has 0 spiro atoms. The van der Waals surface area contributed by atoms with Gasteiger partial charge in [0.1, 0.15) is 11.5 Å². The second kappa shape index (κ2) is 7.22. The Morgan fingerprint density at radius 1 is 1.12 bits per heavy atom. The molecule has 0 amide bonds. The molecule has 1 aromatic carbocycles. The Morgan fingerprint density at radius 3 is 2.56 bits per heavy atom. The number of halogens is 1. The summed E-state index contributed by atoms with van der Waals surface area (Å²) in [7, 11) is 0. The maximum atomic E-state index is 9.30. The average Bonchev–Trinajstić information content (AvgIpc) is 3.14. The summed E-state index contributed by atoms with van der Waals surface area (Å²) >= 11 is 6.20. The van der Waals surface area contributed by atoms with Crippen LogP contribution in [-0.2, 0) is 6.42 Å². The zero-order valence-electron chi connectivity index (χ0n) is 14.1. The number of hydrogen-bond donors (Lipinski definition) is 1. The van der Waals surface area contributed by atoms with Crippen molar-refractivity contribution in [1.29, 1.82) is 0 Å². The number of nitrogens with zero attached hydrogens (tertiary/aromatic N) is 2. The highest BCUT2D eigenvalue weighted by Gasteiger charge is 2.41. The number of aromatic nitrogens is 1. The molecule has 2 fully saturated rings. The number of ether oxygens (including phenoxy) is 1. The van der Waals surface area contributed by atoms with Crippen molar-refractivity contribution in [2.75, 3.05) is 19.6 Å². The minimum absolute atomic E-state index is 0.226. The number of fused-ring (bicyclic) bond motifs is 1. The molecule has 2 aliphatic rings. The summed E-state index contributed by atoms with van der Waals surface area (Å²) in [6, 6.07) is 11.3. The monoisotopic (exact) mass is 358 g/mol. The van der Waals surface area contributed by atoms with Crippen LogP contribution in [0.25, 0.3) is 0 Å². The van der Waals surface area contributed by atoms with Crippen molar-refractivity contribution in [3.8, 4) is 11.5 Å². The van der Waals surface area contributed by atoms with Crippen molar-refractivity contribution in [3.05, 3.63) is 53.3 Å². The second-order valence-electron chi connectivity index (χ2n) is 7.18. The highest BCUT2D eigenvalue weighted by Crippen LogP contribution is 2.40. The van der Waals surface area contributed by atoms with E-state index in [1.54, 1.807) is 6.07 Å². The fourth-order valence-corrected chi connectivity index (χ4v) is 4.36. The molecule has 1 aliphatic heterocycles. The van der Waals surface area contributed by atoms with E-state index in [1.165, 1.54) is 6.20 Å². The van der Waals surface area contributed by atoms with Gasteiger partial charge in [-0.1, -0.05) is 23.7 Å². The third-order valence-electron chi connectivity index (χ3n) is 5.41. The smallest absolute Gasteiger partial charge is 0.138 e. The van der Waals surface area contributed by atoms with Crippen LogP contribution < -0.4 is 4.74 Å². The van der Waals surface area contributed by atoms with Gasteiger partial charge in [0.25, 0.3) is 0 Å². The van der Waals surface area contributed by atoms with Crippen LogP contribution in [0.3, 0.4) is 0 Å². The van der Waals surface area contributed by atoms with Gasteiger partial charge in [0.15, 0.2) is 0 Å². The van der Waals surface area contributed by atoms with E-state index in [0.29, 0.717) is 5.02 Å². The third kappa shape index (κ3) is 3.91. The van der Waals surface area contributed by atoms with Gasteiger partial charge >= 0.3 is 0 Å². The summed E-state index contributed by atoms with van der Waals surface area (Å²) < 4.78 is 6.13. The Balaban J connectivity index is 1.26. The lowest BCUT2D eigenvalue weighted by atomic mass is 10.0. The van der Waals surface area contributed by atoms with E-state index in [4.69, 9.17) is 16.3 Å². The first-order chi connectivity index (χ1) is 12.2. The molecule has 0 bridgehead atoms. The zero-order chi connectivity index (χ0) is 17.2. The van der Waals surface area contributed by atoms with Crippen molar-refractivity contribution in [3.63, 3.8) is 0 Å². The fraction of sp³-hybridized carbons (Fsp3) is 0.450. The lowest BCUT2D eigenvalue weighted by molar-refractivity contribution is 0.186. The van der Waals surface area contributed by atoms with E-state index in [1.807, 2.05) is 30.3 Å². The van der Waals surface area contributed by atoms with Crippen LogP contribution >= 0.6 is 11.6 Å². The molecule has 4 rings (SSSR count). The number of rotatable bonds is 5. The van der Waals surface area contributed by atoms with Gasteiger partial charge in [-0.2, -0.15) is 0 Å². The molecule has 0 unspecified atom stereocenters. The molecule has 4 nitrogen and oxygen atoms in total. The van der Waals surface area contributed by atoms with Crippen molar-refractivity contribution in [2.45, 2.75) is 25.4 Å². The molecule has 25 heavy (non-hydrogen) atoms. The van der Waals surface area contributed by atoms with Crippen LogP contribution in [0.4, 0.5) is 0 Å². The quantitative estimate of drug-likeness (QED) is 0.883. The first kappa shape index (κ1) is 16.7. The molecule has 1 N–H and O–H groups in total. The molecule has 1 saturated carbocycles. The summed E-state index contributed by atoms with van der Waals surface area (Å²) in [4.78, 5) is 6.81. The van der Waals surface area contributed by atoms with Crippen LogP contribution in [-0.4, -0.2) is 40.7 Å². The first-order valence-electron chi connectivity index (χ1n) is 8.95. The molecule has 2 heterocycles. The lowest BCUT2D eigenvalue weighted by Crippen LogP contribution is -2.26. The minimum Gasteiger partial charge on any atom is -0.506 e. The van der Waals surface area contributed by atoms with E-state index in [-0.39, 0.29) is 11.9 Å². The standard InChI is InChI=1S/C20H23ClN2O2/c21-19-3-1-2-4-20(19)25-18-9-14-12-23(13-15(14)10-18)8-7-16-5-6-17(24)11-22-16/h1-6,11,14-15,18,24H,7-10,12-13H2/t14-,15+,18+. The van der Waals surface area contributed by atoms with Crippen molar-refractivity contribution < 1.29 is 9.84 Å². The number of aromatic hydroxyl groups is 1. The maximum absolute atomic E-state index is 9.30. The summed E-state index contributed by atoms with van der Waals surface area (Å²) in [5.41, 5.74) is 1.04. The molecule has 2 aromatic rings. The van der Waals surface area contributed by atoms with Gasteiger partial charge in [0.2, 0.25) is 0 Å². The number of benzene rings is 1. The summed E-state index contributed by atoms with van der Waals surface area (Å²) in [6.45, 7) is 3.32.